The fourth-order valence-corrected chi connectivity index (χ4v) is 4.70. The minimum absolute atomic E-state index is 0.0386. The second-order valence-corrected chi connectivity index (χ2v) is 9.43. The van der Waals surface area contributed by atoms with Gasteiger partial charge in [-0.25, -0.2) is 0 Å². The zero-order valence-corrected chi connectivity index (χ0v) is 21.5. The molecule has 0 fully saturated rings. The van der Waals surface area contributed by atoms with Crippen molar-refractivity contribution in [2.45, 2.75) is 38.0 Å². The lowest BCUT2D eigenvalue weighted by atomic mass is 9.70. The molecular formula is C31H37N3O2. The van der Waals surface area contributed by atoms with Gasteiger partial charge in [-0.15, -0.1) is 0 Å². The molecule has 2 N–H and O–H groups in total. The van der Waals surface area contributed by atoms with E-state index in [9.17, 15) is 10.1 Å². The SMILES string of the molecule is COc1cccc(C(C#N)(CCCNC(=O)CNCC(c2ccccc2)c2ccccc2)C(C)C)c1. The Morgan fingerprint density at radius 1 is 0.972 bits per heavy atom. The highest BCUT2D eigenvalue weighted by molar-refractivity contribution is 5.77. The van der Waals surface area contributed by atoms with E-state index < -0.39 is 5.41 Å². The fourth-order valence-electron chi connectivity index (χ4n) is 4.70. The molecular weight excluding hydrogens is 446 g/mol. The molecule has 3 aromatic carbocycles. The number of carbonyl (C=O) groups excluding carboxylic acids is 1. The van der Waals surface area contributed by atoms with E-state index in [4.69, 9.17) is 4.74 Å². The van der Waals surface area contributed by atoms with Crippen molar-refractivity contribution in [3.8, 4) is 11.8 Å². The highest BCUT2D eigenvalue weighted by Gasteiger charge is 2.35. The minimum atomic E-state index is -0.629. The van der Waals surface area contributed by atoms with Crippen molar-refractivity contribution in [2.24, 2.45) is 5.92 Å². The Morgan fingerprint density at radius 2 is 1.61 bits per heavy atom. The molecule has 0 saturated heterocycles. The molecule has 0 bridgehead atoms. The fraction of sp³-hybridized carbons (Fsp3) is 0.355. The molecule has 36 heavy (non-hydrogen) atoms. The van der Waals surface area contributed by atoms with E-state index in [1.807, 2.05) is 60.7 Å². The van der Waals surface area contributed by atoms with Gasteiger partial charge in [-0.2, -0.15) is 5.26 Å². The third kappa shape index (κ3) is 6.96. The number of methoxy groups -OCH3 is 1. The summed E-state index contributed by atoms with van der Waals surface area (Å²) in [4.78, 5) is 12.5. The van der Waals surface area contributed by atoms with Crippen molar-refractivity contribution in [1.29, 1.82) is 5.26 Å². The average Bonchev–Trinajstić information content (AvgIpc) is 2.92. The molecule has 3 rings (SSSR count). The summed E-state index contributed by atoms with van der Waals surface area (Å²) >= 11 is 0. The first-order chi connectivity index (χ1) is 17.5. The molecule has 5 nitrogen and oxygen atoms in total. The summed E-state index contributed by atoms with van der Waals surface area (Å²) < 4.78 is 5.37. The number of amides is 1. The van der Waals surface area contributed by atoms with E-state index in [0.29, 0.717) is 25.9 Å². The summed E-state index contributed by atoms with van der Waals surface area (Å²) in [6.07, 6.45) is 1.37. The van der Waals surface area contributed by atoms with Crippen molar-refractivity contribution in [3.05, 3.63) is 102 Å². The van der Waals surface area contributed by atoms with Crippen LogP contribution in [-0.4, -0.2) is 32.7 Å². The Kier molecular flexibility index (Phi) is 10.1. The number of nitrogens with zero attached hydrogens (tertiary/aromatic N) is 1. The molecule has 1 atom stereocenters. The van der Waals surface area contributed by atoms with Crippen LogP contribution >= 0.6 is 0 Å². The van der Waals surface area contributed by atoms with Crippen LogP contribution in [0, 0.1) is 17.2 Å². The van der Waals surface area contributed by atoms with Crippen LogP contribution in [0.4, 0.5) is 0 Å². The quantitative estimate of drug-likeness (QED) is 0.318. The summed E-state index contributed by atoms with van der Waals surface area (Å²) in [6, 6.07) is 31.0. The van der Waals surface area contributed by atoms with Crippen LogP contribution in [0.3, 0.4) is 0 Å². The van der Waals surface area contributed by atoms with Gasteiger partial charge < -0.3 is 15.4 Å². The van der Waals surface area contributed by atoms with Crippen LogP contribution in [-0.2, 0) is 10.2 Å². The van der Waals surface area contributed by atoms with Crippen LogP contribution in [0.2, 0.25) is 0 Å². The standard InChI is InChI=1S/C31H37N3O2/c1-24(2)31(23-32,27-16-10-17-28(20-27)36-3)18-11-19-34-30(35)22-33-21-29(25-12-6-4-7-13-25)26-14-8-5-9-15-26/h4-10,12-17,20,24,29,33H,11,18-19,21-22H2,1-3H3,(H,34,35). The van der Waals surface area contributed by atoms with Crippen molar-refractivity contribution in [2.75, 3.05) is 26.7 Å². The Balaban J connectivity index is 1.51. The largest absolute Gasteiger partial charge is 0.497 e. The number of rotatable bonds is 13. The van der Waals surface area contributed by atoms with E-state index in [0.717, 1.165) is 11.3 Å². The van der Waals surface area contributed by atoms with Crippen molar-refractivity contribution in [3.63, 3.8) is 0 Å². The van der Waals surface area contributed by atoms with Gasteiger partial charge >= 0.3 is 0 Å². The predicted molar refractivity (Wildman–Crippen MR) is 145 cm³/mol. The average molecular weight is 484 g/mol. The number of hydrogen-bond donors (Lipinski definition) is 2. The second kappa shape index (κ2) is 13.5. The van der Waals surface area contributed by atoms with Crippen molar-refractivity contribution in [1.82, 2.24) is 10.6 Å². The molecule has 0 aromatic heterocycles. The van der Waals surface area contributed by atoms with Crippen LogP contribution in [0.15, 0.2) is 84.9 Å². The lowest BCUT2D eigenvalue weighted by molar-refractivity contribution is -0.120. The molecule has 0 aliphatic rings. The van der Waals surface area contributed by atoms with E-state index in [1.54, 1.807) is 7.11 Å². The lowest BCUT2D eigenvalue weighted by Gasteiger charge is -2.31. The highest BCUT2D eigenvalue weighted by Crippen LogP contribution is 2.37. The van der Waals surface area contributed by atoms with E-state index in [1.165, 1.54) is 11.1 Å². The Hall–Kier alpha value is -3.62. The number of benzene rings is 3. The lowest BCUT2D eigenvalue weighted by Crippen LogP contribution is -2.37. The number of hydrogen-bond acceptors (Lipinski definition) is 4. The molecule has 0 aliphatic carbocycles. The van der Waals surface area contributed by atoms with Gasteiger partial charge in [0, 0.05) is 19.0 Å². The van der Waals surface area contributed by atoms with Crippen LogP contribution in [0.25, 0.3) is 0 Å². The molecule has 0 spiro atoms. The van der Waals surface area contributed by atoms with Gasteiger partial charge in [0.25, 0.3) is 0 Å². The number of nitrogens with one attached hydrogen (secondary N) is 2. The van der Waals surface area contributed by atoms with Crippen LogP contribution in [0.5, 0.6) is 5.75 Å². The van der Waals surface area contributed by atoms with Gasteiger partial charge in [0.2, 0.25) is 5.91 Å². The molecule has 1 amide bonds. The maximum Gasteiger partial charge on any atom is 0.233 e. The molecule has 0 heterocycles. The van der Waals surface area contributed by atoms with E-state index >= 15 is 0 Å². The molecule has 188 valence electrons. The second-order valence-electron chi connectivity index (χ2n) is 9.43. The van der Waals surface area contributed by atoms with Gasteiger partial charge in [-0.05, 0) is 47.6 Å². The molecule has 0 saturated carbocycles. The van der Waals surface area contributed by atoms with Crippen LogP contribution in [0.1, 0.15) is 49.3 Å². The first kappa shape index (κ1) is 27.0. The normalized spacial score (nSPS) is 12.7. The maximum absolute atomic E-state index is 12.5. The smallest absolute Gasteiger partial charge is 0.233 e. The van der Waals surface area contributed by atoms with Crippen LogP contribution < -0.4 is 15.4 Å². The van der Waals surface area contributed by atoms with Gasteiger partial charge in [-0.3, -0.25) is 4.79 Å². The Labute approximate surface area is 215 Å². The van der Waals surface area contributed by atoms with E-state index in [2.05, 4.69) is 54.8 Å². The number of carbonyl (C=O) groups is 1. The molecule has 0 radical (unpaired) electrons. The first-order valence-corrected chi connectivity index (χ1v) is 12.6. The third-order valence-corrected chi connectivity index (χ3v) is 6.88. The zero-order chi connectivity index (χ0) is 25.8. The maximum atomic E-state index is 12.5. The van der Waals surface area contributed by atoms with E-state index in [-0.39, 0.29) is 24.3 Å². The predicted octanol–water partition coefficient (Wildman–Crippen LogP) is 5.43. The molecule has 5 heteroatoms. The summed E-state index contributed by atoms with van der Waals surface area (Å²) in [6.45, 7) is 5.59. The summed E-state index contributed by atoms with van der Waals surface area (Å²) in [5.74, 6) is 1.00. The number of ether oxygens (including phenoxy) is 1. The van der Waals surface area contributed by atoms with Gasteiger partial charge in [-0.1, -0.05) is 86.6 Å². The van der Waals surface area contributed by atoms with Gasteiger partial charge in [0.1, 0.15) is 5.75 Å². The van der Waals surface area contributed by atoms with Gasteiger partial charge in [0.05, 0.1) is 25.1 Å². The molecule has 0 aliphatic heterocycles. The Bertz CT molecular complexity index is 1090. The topological polar surface area (TPSA) is 74.1 Å². The molecule has 1 unspecified atom stereocenters. The highest BCUT2D eigenvalue weighted by atomic mass is 16.5. The Morgan fingerprint density at radius 3 is 2.17 bits per heavy atom. The number of nitriles is 1. The first-order valence-electron chi connectivity index (χ1n) is 12.6. The summed E-state index contributed by atoms with van der Waals surface area (Å²) in [5.41, 5.74) is 2.77. The minimum Gasteiger partial charge on any atom is -0.497 e. The zero-order valence-electron chi connectivity index (χ0n) is 21.5. The van der Waals surface area contributed by atoms with Crippen molar-refractivity contribution < 1.29 is 9.53 Å². The summed E-state index contributed by atoms with van der Waals surface area (Å²) in [7, 11) is 1.63. The van der Waals surface area contributed by atoms with Crippen molar-refractivity contribution >= 4 is 5.91 Å². The summed E-state index contributed by atoms with van der Waals surface area (Å²) in [5, 5.41) is 16.5. The van der Waals surface area contributed by atoms with Gasteiger partial charge in [0.15, 0.2) is 0 Å². The molecule has 3 aromatic rings. The monoisotopic (exact) mass is 483 g/mol. The third-order valence-electron chi connectivity index (χ3n) is 6.88.